The molecule has 2 aromatic heterocycles. The first-order chi connectivity index (χ1) is 12.6. The summed E-state index contributed by atoms with van der Waals surface area (Å²) < 4.78 is 1.79. The van der Waals surface area contributed by atoms with Crippen LogP contribution in [0.5, 0.6) is 0 Å². The third-order valence-electron chi connectivity index (χ3n) is 4.17. The van der Waals surface area contributed by atoms with Gasteiger partial charge in [0.25, 0.3) is 5.91 Å². The zero-order valence-electron chi connectivity index (χ0n) is 15.4. The SMILES string of the molecule is CN(C)CCCN(C)C(=O)c1cn(-c2ccccc2)nc1-c1cccs1. The number of para-hydroxylation sites is 1. The van der Waals surface area contributed by atoms with Gasteiger partial charge in [0.2, 0.25) is 0 Å². The van der Waals surface area contributed by atoms with Gasteiger partial charge in [-0.3, -0.25) is 4.79 Å². The Morgan fingerprint density at radius 1 is 1.08 bits per heavy atom. The Kier molecular flexibility index (Phi) is 5.85. The Morgan fingerprint density at radius 2 is 1.85 bits per heavy atom. The predicted molar refractivity (Wildman–Crippen MR) is 107 cm³/mol. The lowest BCUT2D eigenvalue weighted by molar-refractivity contribution is 0.0791. The van der Waals surface area contributed by atoms with Crippen molar-refractivity contribution in [2.24, 2.45) is 0 Å². The molecule has 0 unspecified atom stereocenters. The van der Waals surface area contributed by atoms with E-state index in [0.29, 0.717) is 5.56 Å². The van der Waals surface area contributed by atoms with E-state index < -0.39 is 0 Å². The maximum atomic E-state index is 13.0. The maximum Gasteiger partial charge on any atom is 0.257 e. The molecule has 0 aliphatic rings. The van der Waals surface area contributed by atoms with Crippen molar-refractivity contribution in [1.82, 2.24) is 19.6 Å². The molecule has 26 heavy (non-hydrogen) atoms. The molecule has 0 saturated carbocycles. The molecule has 6 heteroatoms. The smallest absolute Gasteiger partial charge is 0.257 e. The number of hydrogen-bond donors (Lipinski definition) is 0. The predicted octanol–water partition coefficient (Wildman–Crippen LogP) is 3.62. The van der Waals surface area contributed by atoms with Gasteiger partial charge in [0.1, 0.15) is 5.69 Å². The van der Waals surface area contributed by atoms with Crippen molar-refractivity contribution in [3.63, 3.8) is 0 Å². The number of rotatable bonds is 7. The molecule has 5 nitrogen and oxygen atoms in total. The third kappa shape index (κ3) is 4.20. The highest BCUT2D eigenvalue weighted by atomic mass is 32.1. The number of nitrogens with zero attached hydrogens (tertiary/aromatic N) is 4. The van der Waals surface area contributed by atoms with Crippen molar-refractivity contribution in [3.8, 4) is 16.3 Å². The van der Waals surface area contributed by atoms with Gasteiger partial charge < -0.3 is 9.80 Å². The molecule has 136 valence electrons. The van der Waals surface area contributed by atoms with E-state index in [1.54, 1.807) is 20.9 Å². The molecule has 0 fully saturated rings. The van der Waals surface area contributed by atoms with E-state index in [1.807, 2.05) is 75.2 Å². The molecule has 0 saturated heterocycles. The summed E-state index contributed by atoms with van der Waals surface area (Å²) in [6.07, 6.45) is 2.78. The van der Waals surface area contributed by atoms with Crippen LogP contribution in [0.4, 0.5) is 0 Å². The molecule has 0 bridgehead atoms. The van der Waals surface area contributed by atoms with Crippen LogP contribution in [0.25, 0.3) is 16.3 Å². The van der Waals surface area contributed by atoms with Gasteiger partial charge in [-0.05, 0) is 50.6 Å². The summed E-state index contributed by atoms with van der Waals surface area (Å²) in [6, 6.07) is 13.9. The van der Waals surface area contributed by atoms with Crippen molar-refractivity contribution in [3.05, 3.63) is 59.6 Å². The van der Waals surface area contributed by atoms with Gasteiger partial charge in [-0.15, -0.1) is 11.3 Å². The fourth-order valence-electron chi connectivity index (χ4n) is 2.77. The summed E-state index contributed by atoms with van der Waals surface area (Å²) >= 11 is 1.60. The second-order valence-electron chi connectivity index (χ2n) is 6.53. The van der Waals surface area contributed by atoms with Gasteiger partial charge in [-0.2, -0.15) is 5.10 Å². The average molecular weight is 369 g/mol. The Labute approximate surface area is 158 Å². The monoisotopic (exact) mass is 368 g/mol. The van der Waals surface area contributed by atoms with Gasteiger partial charge in [0.15, 0.2) is 0 Å². The highest BCUT2D eigenvalue weighted by Gasteiger charge is 2.22. The lowest BCUT2D eigenvalue weighted by Crippen LogP contribution is -2.29. The second-order valence-corrected chi connectivity index (χ2v) is 7.48. The molecule has 2 heterocycles. The summed E-state index contributed by atoms with van der Waals surface area (Å²) in [6.45, 7) is 1.68. The molecular weight excluding hydrogens is 344 g/mol. The van der Waals surface area contributed by atoms with Gasteiger partial charge in [-0.25, -0.2) is 4.68 Å². The van der Waals surface area contributed by atoms with E-state index in [2.05, 4.69) is 4.90 Å². The van der Waals surface area contributed by atoms with Crippen LogP contribution < -0.4 is 0 Å². The number of carbonyl (C=O) groups excluding carboxylic acids is 1. The minimum atomic E-state index is 0.00865. The van der Waals surface area contributed by atoms with Gasteiger partial charge in [-0.1, -0.05) is 24.3 Å². The maximum absolute atomic E-state index is 13.0. The number of amides is 1. The van der Waals surface area contributed by atoms with E-state index in [1.165, 1.54) is 0 Å². The quantitative estimate of drug-likeness (QED) is 0.639. The number of benzene rings is 1. The molecule has 1 amide bonds. The normalized spacial score (nSPS) is 11.1. The largest absolute Gasteiger partial charge is 0.342 e. The van der Waals surface area contributed by atoms with Gasteiger partial charge in [0.05, 0.1) is 16.1 Å². The van der Waals surface area contributed by atoms with Crippen molar-refractivity contribution in [1.29, 1.82) is 0 Å². The van der Waals surface area contributed by atoms with Crippen molar-refractivity contribution < 1.29 is 4.79 Å². The number of hydrogen-bond acceptors (Lipinski definition) is 4. The first-order valence-electron chi connectivity index (χ1n) is 8.65. The van der Waals surface area contributed by atoms with E-state index in [4.69, 9.17) is 5.10 Å². The number of carbonyl (C=O) groups is 1. The molecule has 0 aliphatic heterocycles. The highest BCUT2D eigenvalue weighted by Crippen LogP contribution is 2.28. The highest BCUT2D eigenvalue weighted by molar-refractivity contribution is 7.13. The van der Waals surface area contributed by atoms with Crippen LogP contribution in [0.15, 0.2) is 54.0 Å². The molecule has 0 atom stereocenters. The van der Waals surface area contributed by atoms with Crippen LogP contribution in [0.1, 0.15) is 16.8 Å². The molecule has 0 radical (unpaired) electrons. The number of aromatic nitrogens is 2. The van der Waals surface area contributed by atoms with Crippen LogP contribution >= 0.6 is 11.3 Å². The molecule has 0 spiro atoms. The number of thiophene rings is 1. The van der Waals surface area contributed by atoms with E-state index in [9.17, 15) is 4.79 Å². The van der Waals surface area contributed by atoms with Gasteiger partial charge >= 0.3 is 0 Å². The third-order valence-corrected chi connectivity index (χ3v) is 5.04. The first kappa shape index (κ1) is 18.4. The Morgan fingerprint density at radius 3 is 2.50 bits per heavy atom. The fourth-order valence-corrected chi connectivity index (χ4v) is 3.49. The Bertz CT molecular complexity index is 840. The second kappa shape index (κ2) is 8.29. The molecular formula is C20H24N4OS. The molecule has 3 aromatic rings. The van der Waals surface area contributed by atoms with E-state index in [-0.39, 0.29) is 5.91 Å². The minimum absolute atomic E-state index is 0.00865. The van der Waals surface area contributed by atoms with Crippen LogP contribution in [0.3, 0.4) is 0 Å². The van der Waals surface area contributed by atoms with Crippen molar-refractivity contribution in [2.45, 2.75) is 6.42 Å². The summed E-state index contributed by atoms with van der Waals surface area (Å²) in [5, 5.41) is 6.71. The average Bonchev–Trinajstić information content (AvgIpc) is 3.31. The minimum Gasteiger partial charge on any atom is -0.342 e. The molecule has 0 aliphatic carbocycles. The molecule has 0 N–H and O–H groups in total. The van der Waals surface area contributed by atoms with E-state index >= 15 is 0 Å². The van der Waals surface area contributed by atoms with Crippen molar-refractivity contribution in [2.75, 3.05) is 34.2 Å². The van der Waals surface area contributed by atoms with Crippen LogP contribution in [0, 0.1) is 0 Å². The lowest BCUT2D eigenvalue weighted by Gasteiger charge is -2.18. The standard InChI is InChI=1S/C20H24N4OS/c1-22(2)12-8-13-23(3)20(25)17-15-24(16-9-5-4-6-10-16)21-19(17)18-11-7-14-26-18/h4-7,9-11,14-15H,8,12-13H2,1-3H3. The summed E-state index contributed by atoms with van der Waals surface area (Å²) in [5.41, 5.74) is 2.33. The Hall–Kier alpha value is -2.44. The molecule has 1 aromatic carbocycles. The van der Waals surface area contributed by atoms with Crippen LogP contribution in [-0.2, 0) is 0 Å². The summed E-state index contributed by atoms with van der Waals surface area (Å²) in [5.74, 6) is 0.00865. The zero-order valence-corrected chi connectivity index (χ0v) is 16.2. The summed E-state index contributed by atoms with van der Waals surface area (Å²) in [7, 11) is 5.94. The van der Waals surface area contributed by atoms with Gasteiger partial charge in [0, 0.05) is 19.8 Å². The fraction of sp³-hybridized carbons (Fsp3) is 0.300. The lowest BCUT2D eigenvalue weighted by atomic mass is 10.2. The van der Waals surface area contributed by atoms with E-state index in [0.717, 1.165) is 35.8 Å². The first-order valence-corrected chi connectivity index (χ1v) is 9.53. The zero-order chi connectivity index (χ0) is 18.5. The van der Waals surface area contributed by atoms with Crippen LogP contribution in [-0.4, -0.2) is 59.7 Å². The summed E-state index contributed by atoms with van der Waals surface area (Å²) in [4.78, 5) is 18.0. The molecule has 3 rings (SSSR count). The Balaban J connectivity index is 1.89. The van der Waals surface area contributed by atoms with Crippen LogP contribution in [0.2, 0.25) is 0 Å². The topological polar surface area (TPSA) is 41.4 Å². The van der Waals surface area contributed by atoms with Crippen molar-refractivity contribution >= 4 is 17.2 Å².